The van der Waals surface area contributed by atoms with Crippen molar-refractivity contribution in [3.05, 3.63) is 59.9 Å². The van der Waals surface area contributed by atoms with Gasteiger partial charge in [-0.05, 0) is 25.3 Å². The minimum Gasteiger partial charge on any atom is -0.361 e. The van der Waals surface area contributed by atoms with E-state index >= 15 is 0 Å². The third-order valence-corrected chi connectivity index (χ3v) is 4.58. The van der Waals surface area contributed by atoms with Gasteiger partial charge < -0.3 is 5.32 Å². The number of benzene rings is 1. The highest BCUT2D eigenvalue weighted by atomic mass is 19.3. The molecule has 0 heterocycles. The van der Waals surface area contributed by atoms with E-state index in [0.29, 0.717) is 0 Å². The van der Waals surface area contributed by atoms with Crippen molar-refractivity contribution in [1.29, 1.82) is 0 Å². The van der Waals surface area contributed by atoms with E-state index in [4.69, 9.17) is 5.21 Å². The van der Waals surface area contributed by atoms with Gasteiger partial charge in [-0.2, -0.15) is 0 Å². The fraction of sp³-hybridized carbons (Fsp3) is 0.368. The summed E-state index contributed by atoms with van der Waals surface area (Å²) in [6.07, 6.45) is 2.78. The lowest BCUT2D eigenvalue weighted by Gasteiger charge is -2.41. The van der Waals surface area contributed by atoms with Crippen molar-refractivity contribution < 1.29 is 18.8 Å². The van der Waals surface area contributed by atoms with Crippen LogP contribution in [0.3, 0.4) is 0 Å². The second kappa shape index (κ2) is 8.23. The standard InChI is InChI=1S/C19H23F2N3O2/c1-3-15(17(25)24-26)13-22-14(2)23-18(16-7-5-4-6-8-16)9-11-19(20,21)12-10-18/h3-8,13,23,26H,2,9-12H2,1H3,(H,24,25)/b15-3+,22-13?. The Labute approximate surface area is 151 Å². The number of halogens is 2. The molecule has 0 atom stereocenters. The lowest BCUT2D eigenvalue weighted by atomic mass is 9.75. The van der Waals surface area contributed by atoms with Crippen LogP contribution in [0.25, 0.3) is 0 Å². The van der Waals surface area contributed by atoms with Gasteiger partial charge in [0.05, 0.1) is 11.1 Å². The van der Waals surface area contributed by atoms with E-state index in [2.05, 4.69) is 16.9 Å². The van der Waals surface area contributed by atoms with E-state index in [0.717, 1.165) is 5.56 Å². The average molecular weight is 363 g/mol. The van der Waals surface area contributed by atoms with Gasteiger partial charge in [-0.25, -0.2) is 19.3 Å². The summed E-state index contributed by atoms with van der Waals surface area (Å²) in [4.78, 5) is 15.6. The topological polar surface area (TPSA) is 73.7 Å². The summed E-state index contributed by atoms with van der Waals surface area (Å²) >= 11 is 0. The molecule has 0 spiro atoms. The fourth-order valence-corrected chi connectivity index (χ4v) is 3.07. The molecule has 7 heteroatoms. The van der Waals surface area contributed by atoms with E-state index in [1.165, 1.54) is 17.8 Å². The summed E-state index contributed by atoms with van der Waals surface area (Å²) < 4.78 is 27.3. The first-order chi connectivity index (χ1) is 12.3. The molecular weight excluding hydrogens is 340 g/mol. The zero-order valence-corrected chi connectivity index (χ0v) is 14.6. The van der Waals surface area contributed by atoms with Crippen LogP contribution in [0.1, 0.15) is 38.2 Å². The third kappa shape index (κ3) is 4.76. The summed E-state index contributed by atoms with van der Waals surface area (Å²) in [6.45, 7) is 5.46. The molecular formula is C19H23F2N3O2. The number of alkyl halides is 2. The van der Waals surface area contributed by atoms with Crippen LogP contribution in [-0.2, 0) is 10.3 Å². The highest BCUT2D eigenvalue weighted by molar-refractivity contribution is 6.11. The number of carbonyl (C=O) groups excluding carboxylic acids is 1. The van der Waals surface area contributed by atoms with Gasteiger partial charge in [-0.3, -0.25) is 10.0 Å². The number of hydrogen-bond donors (Lipinski definition) is 3. The SMILES string of the molecule is C=C(N=C/C(=C\C)C(=O)NO)NC1(c2ccccc2)CCC(F)(F)CC1. The number of nitrogens with zero attached hydrogens (tertiary/aromatic N) is 1. The van der Waals surface area contributed by atoms with Crippen LogP contribution >= 0.6 is 0 Å². The molecule has 2 rings (SSSR count). The van der Waals surface area contributed by atoms with Gasteiger partial charge in [0, 0.05) is 19.1 Å². The molecule has 5 nitrogen and oxygen atoms in total. The Morgan fingerprint density at radius 3 is 2.38 bits per heavy atom. The van der Waals surface area contributed by atoms with E-state index in [9.17, 15) is 13.6 Å². The molecule has 1 amide bonds. The fourth-order valence-electron chi connectivity index (χ4n) is 3.07. The number of carbonyl (C=O) groups is 1. The van der Waals surface area contributed by atoms with Crippen LogP contribution in [0.5, 0.6) is 0 Å². The normalized spacial score (nSPS) is 19.2. The molecule has 1 fully saturated rings. The number of nitrogens with one attached hydrogen (secondary N) is 2. The van der Waals surface area contributed by atoms with Crippen molar-refractivity contribution in [2.75, 3.05) is 0 Å². The number of aliphatic imine (C=N–C) groups is 1. The lowest BCUT2D eigenvalue weighted by molar-refractivity contribution is -0.124. The number of hydrogen-bond acceptors (Lipinski definition) is 4. The van der Waals surface area contributed by atoms with Crippen LogP contribution in [-0.4, -0.2) is 23.3 Å². The van der Waals surface area contributed by atoms with Crippen LogP contribution in [0, 0.1) is 0 Å². The van der Waals surface area contributed by atoms with Crippen LogP contribution < -0.4 is 10.8 Å². The average Bonchev–Trinajstić information content (AvgIpc) is 2.64. The monoisotopic (exact) mass is 363 g/mol. The minimum absolute atomic E-state index is 0.152. The quantitative estimate of drug-likeness (QED) is 0.312. The Hall–Kier alpha value is -2.54. The second-order valence-corrected chi connectivity index (χ2v) is 6.32. The first kappa shape index (κ1) is 19.8. The molecule has 0 bridgehead atoms. The molecule has 0 radical (unpaired) electrons. The van der Waals surface area contributed by atoms with Crippen molar-refractivity contribution in [2.24, 2.45) is 4.99 Å². The van der Waals surface area contributed by atoms with E-state index in [1.54, 1.807) is 6.92 Å². The lowest BCUT2D eigenvalue weighted by Crippen LogP contribution is -2.46. The predicted molar refractivity (Wildman–Crippen MR) is 96.0 cm³/mol. The van der Waals surface area contributed by atoms with E-state index < -0.39 is 17.4 Å². The van der Waals surface area contributed by atoms with Gasteiger partial charge >= 0.3 is 0 Å². The number of amides is 1. The molecule has 140 valence electrons. The van der Waals surface area contributed by atoms with E-state index in [-0.39, 0.29) is 37.1 Å². The maximum Gasteiger partial charge on any atom is 0.275 e. The summed E-state index contributed by atoms with van der Waals surface area (Å²) in [6, 6.07) is 9.38. The molecule has 1 aromatic rings. The van der Waals surface area contributed by atoms with Crippen molar-refractivity contribution in [3.8, 4) is 0 Å². The molecule has 26 heavy (non-hydrogen) atoms. The summed E-state index contributed by atoms with van der Waals surface area (Å²) in [5.41, 5.74) is 1.89. The second-order valence-electron chi connectivity index (χ2n) is 6.32. The first-order valence-electron chi connectivity index (χ1n) is 8.37. The predicted octanol–water partition coefficient (Wildman–Crippen LogP) is 3.67. The summed E-state index contributed by atoms with van der Waals surface area (Å²) in [5.74, 6) is -3.11. The molecule has 1 saturated carbocycles. The molecule has 1 aliphatic carbocycles. The van der Waals surface area contributed by atoms with Crippen molar-refractivity contribution >= 4 is 12.1 Å². The van der Waals surface area contributed by atoms with Gasteiger partial charge in [-0.1, -0.05) is 43.0 Å². The number of hydroxylamine groups is 1. The maximum absolute atomic E-state index is 13.7. The highest BCUT2D eigenvalue weighted by Gasteiger charge is 2.44. The largest absolute Gasteiger partial charge is 0.361 e. The van der Waals surface area contributed by atoms with Gasteiger partial charge in [0.15, 0.2) is 0 Å². The van der Waals surface area contributed by atoms with Crippen LogP contribution in [0.4, 0.5) is 8.78 Å². The maximum atomic E-state index is 13.7. The molecule has 0 aromatic heterocycles. The van der Waals surface area contributed by atoms with Crippen molar-refractivity contribution in [2.45, 2.75) is 44.1 Å². The molecule has 0 unspecified atom stereocenters. The Morgan fingerprint density at radius 2 is 1.85 bits per heavy atom. The number of rotatable bonds is 6. The molecule has 1 aliphatic rings. The zero-order valence-electron chi connectivity index (χ0n) is 14.6. The van der Waals surface area contributed by atoms with Gasteiger partial charge in [0.25, 0.3) is 5.91 Å². The summed E-state index contributed by atoms with van der Waals surface area (Å²) in [7, 11) is 0. The number of allylic oxidation sites excluding steroid dienone is 1. The molecule has 3 N–H and O–H groups in total. The Balaban J connectivity index is 2.20. The molecule has 1 aromatic carbocycles. The summed E-state index contributed by atoms with van der Waals surface area (Å²) in [5, 5.41) is 11.9. The molecule has 0 aliphatic heterocycles. The van der Waals surface area contributed by atoms with Gasteiger partial charge in [0.1, 0.15) is 5.82 Å². The first-order valence-corrected chi connectivity index (χ1v) is 8.37. The smallest absolute Gasteiger partial charge is 0.275 e. The van der Waals surface area contributed by atoms with Crippen molar-refractivity contribution in [1.82, 2.24) is 10.8 Å². The van der Waals surface area contributed by atoms with E-state index in [1.807, 2.05) is 30.3 Å². The van der Waals surface area contributed by atoms with Crippen LogP contribution in [0.2, 0.25) is 0 Å². The Bertz CT molecular complexity index is 705. The Kier molecular flexibility index (Phi) is 6.26. The van der Waals surface area contributed by atoms with Crippen LogP contribution in [0.15, 0.2) is 59.4 Å². The van der Waals surface area contributed by atoms with Crippen molar-refractivity contribution in [3.63, 3.8) is 0 Å². The van der Waals surface area contributed by atoms with Gasteiger partial charge in [-0.15, -0.1) is 0 Å². The highest BCUT2D eigenvalue weighted by Crippen LogP contribution is 2.44. The third-order valence-electron chi connectivity index (χ3n) is 4.58. The Morgan fingerprint density at radius 1 is 1.23 bits per heavy atom. The minimum atomic E-state index is -2.66. The van der Waals surface area contributed by atoms with Gasteiger partial charge in [0.2, 0.25) is 5.92 Å². The zero-order chi connectivity index (χ0) is 19.2. The molecule has 0 saturated heterocycles.